The molecule has 0 bridgehead atoms. The van der Waals surface area contributed by atoms with Gasteiger partial charge in [-0.2, -0.15) is 0 Å². The molecule has 2 aromatic carbocycles. The summed E-state index contributed by atoms with van der Waals surface area (Å²) in [5.41, 5.74) is 1.57. The summed E-state index contributed by atoms with van der Waals surface area (Å²) >= 11 is 6.02. The maximum atomic E-state index is 12.2. The first kappa shape index (κ1) is 14.8. The zero-order chi connectivity index (χ0) is 14.5. The zero-order valence-electron chi connectivity index (χ0n) is 10.6. The van der Waals surface area contributed by atoms with Crippen molar-refractivity contribution in [2.75, 3.05) is 0 Å². The van der Waals surface area contributed by atoms with Gasteiger partial charge in [-0.05, 0) is 23.3 Å². The van der Waals surface area contributed by atoms with E-state index in [-0.39, 0.29) is 11.3 Å². The molecule has 0 radical (unpaired) electrons. The van der Waals surface area contributed by atoms with E-state index in [1.165, 1.54) is 6.07 Å². The van der Waals surface area contributed by atoms with Gasteiger partial charge >= 0.3 is 5.97 Å². The van der Waals surface area contributed by atoms with Crippen LogP contribution in [-0.4, -0.2) is 15.3 Å². The number of halogens is 1. The molecule has 0 aliphatic heterocycles. The minimum absolute atomic E-state index is 0.194. The highest BCUT2D eigenvalue weighted by molar-refractivity contribution is 7.83. The van der Waals surface area contributed by atoms with Crippen LogP contribution in [0.1, 0.15) is 21.5 Å². The Kier molecular flexibility index (Phi) is 4.93. The Balaban J connectivity index is 2.13. The molecule has 0 fully saturated rings. The van der Waals surface area contributed by atoms with Crippen molar-refractivity contribution in [2.24, 2.45) is 0 Å². The first-order valence-corrected chi connectivity index (χ1v) is 7.84. The summed E-state index contributed by atoms with van der Waals surface area (Å²) in [6.07, 6.45) is 0. The second-order valence-electron chi connectivity index (χ2n) is 4.28. The first-order valence-electron chi connectivity index (χ1n) is 5.97. The quantitative estimate of drug-likeness (QED) is 0.920. The molecule has 5 heteroatoms. The highest BCUT2D eigenvalue weighted by Gasteiger charge is 2.12. The lowest BCUT2D eigenvalue weighted by Crippen LogP contribution is -2.06. The van der Waals surface area contributed by atoms with Gasteiger partial charge in [0.05, 0.1) is 11.3 Å². The van der Waals surface area contributed by atoms with E-state index in [0.29, 0.717) is 16.3 Å². The van der Waals surface area contributed by atoms with Crippen LogP contribution in [0.5, 0.6) is 0 Å². The van der Waals surface area contributed by atoms with Gasteiger partial charge in [-0.15, -0.1) is 0 Å². The Morgan fingerprint density at radius 1 is 1.00 bits per heavy atom. The van der Waals surface area contributed by atoms with Crippen LogP contribution in [0, 0.1) is 0 Å². The van der Waals surface area contributed by atoms with E-state index in [9.17, 15) is 9.00 Å². The molecule has 1 N–H and O–H groups in total. The van der Waals surface area contributed by atoms with Crippen molar-refractivity contribution < 1.29 is 14.1 Å². The van der Waals surface area contributed by atoms with E-state index >= 15 is 0 Å². The number of rotatable bonds is 5. The molecule has 0 aromatic heterocycles. The Morgan fingerprint density at radius 3 is 2.20 bits per heavy atom. The lowest BCUT2D eigenvalue weighted by molar-refractivity contribution is 0.0696. The van der Waals surface area contributed by atoms with Crippen molar-refractivity contribution in [3.05, 3.63) is 70.2 Å². The zero-order valence-corrected chi connectivity index (χ0v) is 12.2. The molecule has 1 unspecified atom stereocenters. The normalized spacial score (nSPS) is 12.1. The Hall–Kier alpha value is -1.65. The molecule has 0 aliphatic rings. The fourth-order valence-electron chi connectivity index (χ4n) is 1.87. The van der Waals surface area contributed by atoms with Crippen LogP contribution in [0.3, 0.4) is 0 Å². The van der Waals surface area contributed by atoms with Gasteiger partial charge in [0.1, 0.15) is 0 Å². The largest absolute Gasteiger partial charge is 0.478 e. The predicted molar refractivity (Wildman–Crippen MR) is 80.4 cm³/mol. The van der Waals surface area contributed by atoms with E-state index in [1.54, 1.807) is 24.3 Å². The molecular weight excluding hydrogens is 296 g/mol. The summed E-state index contributed by atoms with van der Waals surface area (Å²) in [6.45, 7) is 0. The van der Waals surface area contributed by atoms with Gasteiger partial charge in [0, 0.05) is 21.6 Å². The van der Waals surface area contributed by atoms with Gasteiger partial charge in [0.2, 0.25) is 0 Å². The maximum Gasteiger partial charge on any atom is 0.335 e. The molecule has 0 amide bonds. The van der Waals surface area contributed by atoms with Gasteiger partial charge in [-0.1, -0.05) is 48.0 Å². The summed E-state index contributed by atoms with van der Waals surface area (Å²) < 4.78 is 12.2. The van der Waals surface area contributed by atoms with Gasteiger partial charge in [-0.25, -0.2) is 4.79 Å². The standard InChI is InChI=1S/C15H13ClO3S/c16-14-8-4-2-6-12(14)10-20(19)9-11-5-1-3-7-13(11)15(17)18/h1-8H,9-10H2,(H,17,18). The smallest absolute Gasteiger partial charge is 0.335 e. The topological polar surface area (TPSA) is 54.4 Å². The average molecular weight is 309 g/mol. The molecule has 1 atom stereocenters. The van der Waals surface area contributed by atoms with Crippen molar-refractivity contribution in [2.45, 2.75) is 11.5 Å². The number of carboxylic acids is 1. The summed E-state index contributed by atoms with van der Waals surface area (Å²) in [5, 5.41) is 9.67. The predicted octanol–water partition coefficient (Wildman–Crippen LogP) is 3.49. The van der Waals surface area contributed by atoms with Gasteiger partial charge in [0.25, 0.3) is 0 Å². The van der Waals surface area contributed by atoms with Gasteiger partial charge in [-0.3, -0.25) is 4.21 Å². The minimum Gasteiger partial charge on any atom is -0.478 e. The number of benzene rings is 2. The Labute approximate surface area is 124 Å². The summed E-state index contributed by atoms with van der Waals surface area (Å²) in [6, 6.07) is 13.8. The third kappa shape index (κ3) is 3.68. The number of hydrogen-bond donors (Lipinski definition) is 1. The summed E-state index contributed by atoms with van der Waals surface area (Å²) in [7, 11) is -1.21. The molecular formula is C15H13ClO3S. The van der Waals surface area contributed by atoms with Crippen LogP contribution in [0.4, 0.5) is 0 Å². The lowest BCUT2D eigenvalue weighted by Gasteiger charge is -2.07. The SMILES string of the molecule is O=C(O)c1ccccc1CS(=O)Cc1ccccc1Cl. The van der Waals surface area contributed by atoms with E-state index in [4.69, 9.17) is 16.7 Å². The summed E-state index contributed by atoms with van der Waals surface area (Å²) in [5.74, 6) is -0.489. The fourth-order valence-corrected chi connectivity index (χ4v) is 3.45. The fraction of sp³-hybridized carbons (Fsp3) is 0.133. The van der Waals surface area contributed by atoms with Crippen molar-refractivity contribution in [1.82, 2.24) is 0 Å². The van der Waals surface area contributed by atoms with Gasteiger partial charge < -0.3 is 5.11 Å². The number of carboxylic acid groups (broad SMARTS) is 1. The molecule has 0 aliphatic carbocycles. The van der Waals surface area contributed by atoms with E-state index in [2.05, 4.69) is 0 Å². The molecule has 20 heavy (non-hydrogen) atoms. The molecule has 0 saturated carbocycles. The van der Waals surface area contributed by atoms with Gasteiger partial charge in [0.15, 0.2) is 0 Å². The van der Waals surface area contributed by atoms with Crippen LogP contribution in [-0.2, 0) is 22.3 Å². The number of aromatic carboxylic acids is 1. The van der Waals surface area contributed by atoms with E-state index in [0.717, 1.165) is 5.56 Å². The Morgan fingerprint density at radius 2 is 1.55 bits per heavy atom. The monoisotopic (exact) mass is 308 g/mol. The van der Waals surface area contributed by atoms with E-state index in [1.807, 2.05) is 18.2 Å². The van der Waals surface area contributed by atoms with Crippen LogP contribution >= 0.6 is 11.6 Å². The molecule has 104 valence electrons. The van der Waals surface area contributed by atoms with Crippen molar-refractivity contribution >= 4 is 28.4 Å². The molecule has 0 saturated heterocycles. The molecule has 3 nitrogen and oxygen atoms in total. The molecule has 0 heterocycles. The first-order chi connectivity index (χ1) is 9.58. The van der Waals surface area contributed by atoms with Crippen LogP contribution in [0.15, 0.2) is 48.5 Å². The highest BCUT2D eigenvalue weighted by Crippen LogP contribution is 2.19. The Bertz CT molecular complexity index is 655. The lowest BCUT2D eigenvalue weighted by atomic mass is 10.1. The molecule has 0 spiro atoms. The third-order valence-electron chi connectivity index (χ3n) is 2.84. The molecule has 2 rings (SSSR count). The minimum atomic E-state index is -1.21. The highest BCUT2D eigenvalue weighted by atomic mass is 35.5. The van der Waals surface area contributed by atoms with Crippen molar-refractivity contribution in [1.29, 1.82) is 0 Å². The van der Waals surface area contributed by atoms with Crippen LogP contribution in [0.2, 0.25) is 5.02 Å². The second-order valence-corrected chi connectivity index (χ2v) is 6.15. The van der Waals surface area contributed by atoms with E-state index < -0.39 is 16.8 Å². The second kappa shape index (κ2) is 6.68. The number of carbonyl (C=O) groups is 1. The van der Waals surface area contributed by atoms with Crippen molar-refractivity contribution in [3.63, 3.8) is 0 Å². The van der Waals surface area contributed by atoms with Crippen LogP contribution < -0.4 is 0 Å². The maximum absolute atomic E-state index is 12.2. The van der Waals surface area contributed by atoms with Crippen LogP contribution in [0.25, 0.3) is 0 Å². The molecule has 2 aromatic rings. The average Bonchev–Trinajstić information content (AvgIpc) is 2.41. The van der Waals surface area contributed by atoms with Crippen molar-refractivity contribution in [3.8, 4) is 0 Å². The number of hydrogen-bond acceptors (Lipinski definition) is 2. The third-order valence-corrected chi connectivity index (χ3v) is 4.47. The summed E-state index contributed by atoms with van der Waals surface area (Å²) in [4.78, 5) is 11.1.